The second-order valence-corrected chi connectivity index (χ2v) is 10.0. The van der Waals surface area contributed by atoms with Crippen molar-refractivity contribution in [1.82, 2.24) is 10.2 Å². The molecule has 204 valence electrons. The molecule has 0 radical (unpaired) electrons. The molecule has 0 fully saturated rings. The molecule has 0 aliphatic carbocycles. The van der Waals surface area contributed by atoms with Gasteiger partial charge in [0.1, 0.15) is 23.4 Å². The highest BCUT2D eigenvalue weighted by Crippen LogP contribution is 2.26. The normalized spacial score (nSPS) is 12.6. The molecule has 2 atom stereocenters. The lowest BCUT2D eigenvalue weighted by molar-refractivity contribution is -0.142. The summed E-state index contributed by atoms with van der Waals surface area (Å²) in [5.41, 5.74) is 0.815. The van der Waals surface area contributed by atoms with E-state index in [1.54, 1.807) is 83.1 Å². The number of nitrogens with zero attached hydrogens (tertiary/aromatic N) is 1. The van der Waals surface area contributed by atoms with Crippen LogP contribution in [0.4, 0.5) is 10.5 Å². The third-order valence-electron chi connectivity index (χ3n) is 5.54. The zero-order chi connectivity index (χ0) is 28.5. The van der Waals surface area contributed by atoms with Gasteiger partial charge in [-0.25, -0.2) is 4.79 Å². The van der Waals surface area contributed by atoms with E-state index in [1.807, 2.05) is 0 Å². The van der Waals surface area contributed by atoms with E-state index in [2.05, 4.69) is 16.6 Å². The Kier molecular flexibility index (Phi) is 10.7. The average Bonchev–Trinajstić information content (AvgIpc) is 2.86. The molecule has 2 rings (SSSR count). The number of aliphatic hydroxyl groups excluding tert-OH is 1. The number of hydrogen-bond acceptors (Lipinski definition) is 6. The van der Waals surface area contributed by atoms with Gasteiger partial charge in [0.2, 0.25) is 5.91 Å². The lowest BCUT2D eigenvalue weighted by Gasteiger charge is -2.35. The first kappa shape index (κ1) is 30.2. The van der Waals surface area contributed by atoms with Crippen LogP contribution in [0, 0.1) is 18.3 Å². The zero-order valence-electron chi connectivity index (χ0n) is 22.8. The molecule has 9 nitrogen and oxygen atoms in total. The molecule has 0 saturated carbocycles. The Hall–Kier alpha value is -4.03. The number of aliphatic hydroxyl groups is 1. The summed E-state index contributed by atoms with van der Waals surface area (Å²) in [7, 11) is 1.54. The molecule has 2 aromatic rings. The molecule has 3 N–H and O–H groups in total. The van der Waals surface area contributed by atoms with E-state index in [4.69, 9.17) is 15.9 Å². The summed E-state index contributed by atoms with van der Waals surface area (Å²) in [5, 5.41) is 15.3. The second kappa shape index (κ2) is 13.5. The third kappa shape index (κ3) is 8.53. The summed E-state index contributed by atoms with van der Waals surface area (Å²) in [6.07, 6.45) is 4.73. The number of carbonyl (C=O) groups excluding carboxylic acids is 3. The number of hydrogen-bond donors (Lipinski definition) is 3. The first-order valence-corrected chi connectivity index (χ1v) is 12.3. The molecule has 0 aromatic heterocycles. The number of anilines is 1. The monoisotopic (exact) mass is 523 g/mol. The minimum Gasteiger partial charge on any atom is -0.497 e. The molecule has 0 spiro atoms. The molecular formula is C29H37N3O6. The Morgan fingerprint density at radius 2 is 1.66 bits per heavy atom. The van der Waals surface area contributed by atoms with Crippen LogP contribution in [0.2, 0.25) is 0 Å². The van der Waals surface area contributed by atoms with Crippen LogP contribution in [-0.4, -0.2) is 59.8 Å². The van der Waals surface area contributed by atoms with Gasteiger partial charge in [0.15, 0.2) is 0 Å². The fraction of sp³-hybridized carbons (Fsp3) is 0.414. The van der Waals surface area contributed by atoms with Gasteiger partial charge < -0.3 is 30.1 Å². The van der Waals surface area contributed by atoms with Crippen molar-refractivity contribution in [1.29, 1.82) is 0 Å². The van der Waals surface area contributed by atoms with Gasteiger partial charge in [-0.05, 0) is 68.7 Å². The van der Waals surface area contributed by atoms with E-state index in [0.29, 0.717) is 22.6 Å². The third-order valence-corrected chi connectivity index (χ3v) is 5.54. The number of amides is 3. The highest BCUT2D eigenvalue weighted by atomic mass is 16.6. The van der Waals surface area contributed by atoms with Crippen LogP contribution in [0.1, 0.15) is 51.8 Å². The summed E-state index contributed by atoms with van der Waals surface area (Å²) < 4.78 is 10.5. The van der Waals surface area contributed by atoms with Crippen LogP contribution >= 0.6 is 0 Å². The van der Waals surface area contributed by atoms with Crippen LogP contribution in [0.25, 0.3) is 0 Å². The van der Waals surface area contributed by atoms with Gasteiger partial charge >= 0.3 is 6.09 Å². The van der Waals surface area contributed by atoms with Crippen molar-refractivity contribution in [2.75, 3.05) is 25.6 Å². The summed E-state index contributed by atoms with van der Waals surface area (Å²) in [6.45, 7) is 8.13. The van der Waals surface area contributed by atoms with Gasteiger partial charge in [-0.2, -0.15) is 0 Å². The lowest BCUT2D eigenvalue weighted by atomic mass is 9.98. The summed E-state index contributed by atoms with van der Waals surface area (Å²) in [6, 6.07) is 11.3. The summed E-state index contributed by atoms with van der Waals surface area (Å²) >= 11 is 0. The van der Waals surface area contributed by atoms with E-state index in [9.17, 15) is 19.5 Å². The van der Waals surface area contributed by atoms with Gasteiger partial charge in [0.25, 0.3) is 5.91 Å². The van der Waals surface area contributed by atoms with Crippen LogP contribution in [0.5, 0.6) is 5.75 Å². The largest absolute Gasteiger partial charge is 0.497 e. The molecule has 9 heteroatoms. The highest BCUT2D eigenvalue weighted by Gasteiger charge is 2.37. The summed E-state index contributed by atoms with van der Waals surface area (Å²) in [5.74, 6) is 1.75. The van der Waals surface area contributed by atoms with Crippen molar-refractivity contribution in [3.05, 3.63) is 59.7 Å². The van der Waals surface area contributed by atoms with Crippen molar-refractivity contribution in [2.45, 2.75) is 52.3 Å². The first-order chi connectivity index (χ1) is 17.9. The Bertz CT molecular complexity index is 1130. The first-order valence-electron chi connectivity index (χ1n) is 12.3. The fourth-order valence-electron chi connectivity index (χ4n) is 3.72. The molecule has 38 heavy (non-hydrogen) atoms. The standard InChI is InChI=1S/C29H37N3O6/c1-8-20-9-11-21(12-10-20)25(26(34)30-22-13-15-23(37-7)16-14-22)32(17-18-33)27(35)24(19(2)3)31-28(36)38-29(4,5)6/h1,9-16,19,24-25,33H,17-18H2,2-7H3,(H,30,34)(H,31,36). The van der Waals surface area contributed by atoms with Crippen molar-refractivity contribution < 1.29 is 29.0 Å². The smallest absolute Gasteiger partial charge is 0.408 e. The fourth-order valence-corrected chi connectivity index (χ4v) is 3.72. The van der Waals surface area contributed by atoms with Gasteiger partial charge in [-0.15, -0.1) is 6.42 Å². The second-order valence-electron chi connectivity index (χ2n) is 10.0. The Morgan fingerprint density at radius 3 is 2.13 bits per heavy atom. The van der Waals surface area contributed by atoms with Crippen LogP contribution in [0.15, 0.2) is 48.5 Å². The minimum absolute atomic E-state index is 0.157. The van der Waals surface area contributed by atoms with Crippen LogP contribution < -0.4 is 15.4 Å². The Morgan fingerprint density at radius 1 is 1.05 bits per heavy atom. The summed E-state index contributed by atoms with van der Waals surface area (Å²) in [4.78, 5) is 41.3. The molecule has 0 bridgehead atoms. The Balaban J connectivity index is 2.48. The van der Waals surface area contributed by atoms with E-state index < -0.39 is 42.2 Å². The topological polar surface area (TPSA) is 117 Å². The molecule has 0 heterocycles. The van der Waals surface area contributed by atoms with Crippen molar-refractivity contribution in [3.8, 4) is 18.1 Å². The van der Waals surface area contributed by atoms with Gasteiger partial charge in [-0.3, -0.25) is 9.59 Å². The number of terminal acetylenes is 1. The lowest BCUT2D eigenvalue weighted by Crippen LogP contribution is -2.55. The quantitative estimate of drug-likeness (QED) is 0.409. The van der Waals surface area contributed by atoms with E-state index in [1.165, 1.54) is 12.0 Å². The molecule has 0 aliphatic heterocycles. The maximum atomic E-state index is 13.9. The molecular weight excluding hydrogens is 486 g/mol. The molecule has 0 aliphatic rings. The maximum Gasteiger partial charge on any atom is 0.408 e. The Labute approximate surface area is 224 Å². The SMILES string of the molecule is C#Cc1ccc(C(C(=O)Nc2ccc(OC)cc2)N(CCO)C(=O)C(NC(=O)OC(C)(C)C)C(C)C)cc1. The number of methoxy groups -OCH3 is 1. The maximum absolute atomic E-state index is 13.9. The minimum atomic E-state index is -1.13. The number of ether oxygens (including phenoxy) is 2. The number of alkyl carbamates (subject to hydrolysis) is 1. The van der Waals surface area contributed by atoms with E-state index >= 15 is 0 Å². The predicted molar refractivity (Wildman–Crippen MR) is 146 cm³/mol. The predicted octanol–water partition coefficient (Wildman–Crippen LogP) is 3.73. The average molecular weight is 524 g/mol. The van der Waals surface area contributed by atoms with Gasteiger partial charge in [0.05, 0.1) is 13.7 Å². The van der Waals surface area contributed by atoms with Crippen molar-refractivity contribution >= 4 is 23.6 Å². The zero-order valence-corrected chi connectivity index (χ0v) is 22.8. The molecule has 2 unspecified atom stereocenters. The number of benzene rings is 2. The van der Waals surface area contributed by atoms with Crippen molar-refractivity contribution in [3.63, 3.8) is 0 Å². The number of rotatable bonds is 10. The number of nitrogens with one attached hydrogen (secondary N) is 2. The van der Waals surface area contributed by atoms with Crippen LogP contribution in [0.3, 0.4) is 0 Å². The number of carbonyl (C=O) groups is 3. The van der Waals surface area contributed by atoms with Crippen molar-refractivity contribution in [2.24, 2.45) is 5.92 Å². The van der Waals surface area contributed by atoms with Gasteiger partial charge in [0, 0.05) is 17.8 Å². The van der Waals surface area contributed by atoms with Crippen LogP contribution in [-0.2, 0) is 14.3 Å². The van der Waals surface area contributed by atoms with E-state index in [-0.39, 0.29) is 12.5 Å². The molecule has 3 amide bonds. The van der Waals surface area contributed by atoms with E-state index in [0.717, 1.165) is 0 Å². The van der Waals surface area contributed by atoms with Gasteiger partial charge in [-0.1, -0.05) is 31.9 Å². The molecule has 2 aromatic carbocycles. The molecule has 0 saturated heterocycles. The highest BCUT2D eigenvalue weighted by molar-refractivity contribution is 5.99.